The molecule has 0 amide bonds. The van der Waals surface area contributed by atoms with E-state index < -0.39 is 5.41 Å². The van der Waals surface area contributed by atoms with Crippen LogP contribution in [-0.4, -0.2) is 5.11 Å². The van der Waals surface area contributed by atoms with Gasteiger partial charge in [0.1, 0.15) is 18.1 Å². The van der Waals surface area contributed by atoms with E-state index in [4.69, 9.17) is 11.2 Å². The molecule has 0 aliphatic heterocycles. The lowest BCUT2D eigenvalue weighted by molar-refractivity contribution is 0.304. The Bertz CT molecular complexity index is 622. The van der Waals surface area contributed by atoms with Gasteiger partial charge in [0.05, 0.1) is 5.41 Å². The molecule has 0 spiro atoms. The van der Waals surface area contributed by atoms with Gasteiger partial charge in [0.25, 0.3) is 0 Å². The summed E-state index contributed by atoms with van der Waals surface area (Å²) in [5.41, 5.74) is 1.31. The van der Waals surface area contributed by atoms with E-state index in [1.165, 1.54) is 0 Å². The summed E-state index contributed by atoms with van der Waals surface area (Å²) in [7, 11) is 0. The van der Waals surface area contributed by atoms with E-state index in [9.17, 15) is 5.11 Å². The van der Waals surface area contributed by atoms with Gasteiger partial charge in [-0.2, -0.15) is 0 Å². The summed E-state index contributed by atoms with van der Waals surface area (Å²) < 4.78 is 5.66. The monoisotopic (exact) mass is 266 g/mol. The Morgan fingerprint density at radius 3 is 2.45 bits per heavy atom. The molecular weight excluding hydrogens is 248 g/mol. The minimum absolute atomic E-state index is 0.165. The minimum atomic E-state index is -0.498. The fourth-order valence-electron chi connectivity index (χ4n) is 1.95. The summed E-state index contributed by atoms with van der Waals surface area (Å²) in [6.45, 7) is 4.26. The van der Waals surface area contributed by atoms with E-state index >= 15 is 0 Å². The summed E-state index contributed by atoms with van der Waals surface area (Å²) in [6, 6.07) is 15.1. The molecule has 0 aromatic heterocycles. The molecule has 0 aliphatic carbocycles. The highest BCUT2D eigenvalue weighted by molar-refractivity contribution is 5.46. The quantitative estimate of drug-likeness (QED) is 0.851. The van der Waals surface area contributed by atoms with Gasteiger partial charge in [0, 0.05) is 11.6 Å². The van der Waals surface area contributed by atoms with Crippen LogP contribution in [0.1, 0.15) is 25.0 Å². The molecule has 2 rings (SSSR count). The van der Waals surface area contributed by atoms with E-state index in [0.717, 1.165) is 11.1 Å². The van der Waals surface area contributed by atoms with E-state index in [1.54, 1.807) is 6.07 Å². The molecule has 0 saturated heterocycles. The Morgan fingerprint density at radius 1 is 1.15 bits per heavy atom. The van der Waals surface area contributed by atoms with Crippen LogP contribution in [0.5, 0.6) is 11.5 Å². The second-order valence-electron chi connectivity index (χ2n) is 5.22. The predicted octanol–water partition coefficient (Wildman–Crippen LogP) is 3.88. The number of rotatable bonds is 4. The Hall–Kier alpha value is -2.40. The van der Waals surface area contributed by atoms with Gasteiger partial charge >= 0.3 is 0 Å². The molecule has 0 heterocycles. The maximum atomic E-state index is 10.1. The van der Waals surface area contributed by atoms with Crippen LogP contribution in [0.15, 0.2) is 48.5 Å². The van der Waals surface area contributed by atoms with Gasteiger partial charge in [-0.1, -0.05) is 42.3 Å². The van der Waals surface area contributed by atoms with Crippen LogP contribution >= 0.6 is 0 Å². The van der Waals surface area contributed by atoms with Gasteiger partial charge in [0.15, 0.2) is 0 Å². The van der Waals surface area contributed by atoms with Crippen molar-refractivity contribution < 1.29 is 9.84 Å². The van der Waals surface area contributed by atoms with Crippen molar-refractivity contribution in [2.75, 3.05) is 0 Å². The summed E-state index contributed by atoms with van der Waals surface area (Å²) in [5.74, 6) is 3.47. The van der Waals surface area contributed by atoms with Crippen molar-refractivity contribution in [2.24, 2.45) is 0 Å². The molecule has 20 heavy (non-hydrogen) atoms. The molecule has 2 heteroatoms. The van der Waals surface area contributed by atoms with Gasteiger partial charge in [-0.05, 0) is 25.5 Å². The largest absolute Gasteiger partial charge is 0.507 e. The molecule has 0 bridgehead atoms. The van der Waals surface area contributed by atoms with Crippen LogP contribution in [-0.2, 0) is 12.0 Å². The third-order valence-electron chi connectivity index (χ3n) is 3.25. The maximum Gasteiger partial charge on any atom is 0.123 e. The highest BCUT2D eigenvalue weighted by Gasteiger charge is 2.21. The smallest absolute Gasteiger partial charge is 0.123 e. The third kappa shape index (κ3) is 3.13. The lowest BCUT2D eigenvalue weighted by atomic mass is 9.85. The Balaban J connectivity index is 2.12. The number of benzene rings is 2. The molecule has 2 aromatic rings. The molecule has 0 unspecified atom stereocenters. The molecule has 0 radical (unpaired) electrons. The normalized spacial score (nSPS) is 10.8. The molecule has 2 aromatic carbocycles. The Kier molecular flexibility index (Phi) is 4.00. The first-order valence-corrected chi connectivity index (χ1v) is 6.51. The van der Waals surface area contributed by atoms with Gasteiger partial charge in [0.2, 0.25) is 0 Å². The minimum Gasteiger partial charge on any atom is -0.507 e. The predicted molar refractivity (Wildman–Crippen MR) is 80.7 cm³/mol. The first-order valence-electron chi connectivity index (χ1n) is 6.51. The number of terminal acetylenes is 1. The maximum absolute atomic E-state index is 10.1. The van der Waals surface area contributed by atoms with Gasteiger partial charge in [-0.3, -0.25) is 0 Å². The number of phenolic OH excluding ortho intramolecular Hbond substituents is 1. The second-order valence-corrected chi connectivity index (χ2v) is 5.22. The zero-order valence-electron chi connectivity index (χ0n) is 11.8. The van der Waals surface area contributed by atoms with Crippen molar-refractivity contribution in [1.82, 2.24) is 0 Å². The van der Waals surface area contributed by atoms with Crippen molar-refractivity contribution in [3.8, 4) is 23.8 Å². The SMILES string of the molecule is C#CC(C)(C)c1ccc(OCc2ccccc2)cc1O. The average Bonchev–Trinajstić information content (AvgIpc) is 2.46. The first kappa shape index (κ1) is 14.0. The molecule has 0 atom stereocenters. The lowest BCUT2D eigenvalue weighted by Gasteiger charge is -2.20. The topological polar surface area (TPSA) is 29.5 Å². The Labute approximate surface area is 120 Å². The molecule has 0 saturated carbocycles. The zero-order chi connectivity index (χ0) is 14.6. The summed E-state index contributed by atoms with van der Waals surface area (Å²) in [5, 5.41) is 10.1. The first-order chi connectivity index (χ1) is 9.53. The fraction of sp³-hybridized carbons (Fsp3) is 0.222. The molecule has 2 nitrogen and oxygen atoms in total. The third-order valence-corrected chi connectivity index (χ3v) is 3.25. The average molecular weight is 266 g/mol. The number of aromatic hydroxyl groups is 1. The van der Waals surface area contributed by atoms with E-state index in [1.807, 2.05) is 56.3 Å². The summed E-state index contributed by atoms with van der Waals surface area (Å²) in [4.78, 5) is 0. The number of hydrogen-bond acceptors (Lipinski definition) is 2. The highest BCUT2D eigenvalue weighted by atomic mass is 16.5. The van der Waals surface area contributed by atoms with Crippen molar-refractivity contribution in [3.05, 3.63) is 59.7 Å². The van der Waals surface area contributed by atoms with Gasteiger partial charge < -0.3 is 9.84 Å². The molecule has 0 fully saturated rings. The van der Waals surface area contributed by atoms with Crippen molar-refractivity contribution in [1.29, 1.82) is 0 Å². The van der Waals surface area contributed by atoms with Crippen LogP contribution in [0.3, 0.4) is 0 Å². The van der Waals surface area contributed by atoms with Gasteiger partial charge in [-0.15, -0.1) is 6.42 Å². The van der Waals surface area contributed by atoms with Crippen LogP contribution < -0.4 is 4.74 Å². The van der Waals surface area contributed by atoms with Crippen LogP contribution in [0.25, 0.3) is 0 Å². The number of phenols is 1. The summed E-state index contributed by atoms with van der Waals surface area (Å²) in [6.07, 6.45) is 5.49. The van der Waals surface area contributed by atoms with Crippen LogP contribution in [0.4, 0.5) is 0 Å². The number of hydrogen-bond donors (Lipinski definition) is 1. The molecule has 1 N–H and O–H groups in total. The standard InChI is InChI=1S/C18H18O2/c1-4-18(2,3)16-11-10-15(12-17(16)19)20-13-14-8-6-5-7-9-14/h1,5-12,19H,13H2,2-3H3. The number of ether oxygens (including phenoxy) is 1. The van der Waals surface area contributed by atoms with Crippen molar-refractivity contribution in [3.63, 3.8) is 0 Å². The highest BCUT2D eigenvalue weighted by Crippen LogP contribution is 2.33. The lowest BCUT2D eigenvalue weighted by Crippen LogP contribution is -2.13. The molecule has 102 valence electrons. The Morgan fingerprint density at radius 2 is 1.85 bits per heavy atom. The fourth-order valence-corrected chi connectivity index (χ4v) is 1.95. The van der Waals surface area contributed by atoms with Gasteiger partial charge in [-0.25, -0.2) is 0 Å². The molecule has 0 aliphatic rings. The van der Waals surface area contributed by atoms with E-state index in [-0.39, 0.29) is 5.75 Å². The second kappa shape index (κ2) is 5.71. The van der Waals surface area contributed by atoms with Crippen LogP contribution in [0.2, 0.25) is 0 Å². The molecular formula is C18H18O2. The van der Waals surface area contributed by atoms with Crippen molar-refractivity contribution in [2.45, 2.75) is 25.9 Å². The van der Waals surface area contributed by atoms with Crippen molar-refractivity contribution >= 4 is 0 Å². The zero-order valence-corrected chi connectivity index (χ0v) is 11.8. The van der Waals surface area contributed by atoms with E-state index in [0.29, 0.717) is 12.4 Å². The van der Waals surface area contributed by atoms with Crippen LogP contribution in [0, 0.1) is 12.3 Å². The summed E-state index contributed by atoms with van der Waals surface area (Å²) >= 11 is 0. The van der Waals surface area contributed by atoms with E-state index in [2.05, 4.69) is 5.92 Å².